The molecule has 0 spiro atoms. The number of nitrogens with one attached hydrogen (secondary N) is 1. The standard InChI is InChI=1S/C20H21N2.2BF4/c1-20(2,3)18-6-4-5-7-19(18)22-14-10-17(11-15-22)16-8-12-21-13-9-16;2*2-1(3,4)5/h4-15H,1-3H3;;/q+1;2*-1/p+1. The van der Waals surface area contributed by atoms with Crippen LogP contribution in [-0.2, 0) is 5.41 Å². The van der Waals surface area contributed by atoms with Crippen LogP contribution in [0.4, 0.5) is 34.5 Å². The summed E-state index contributed by atoms with van der Waals surface area (Å²) in [5.41, 5.74) is 5.15. The molecule has 2 aromatic heterocycles. The Bertz CT molecular complexity index is 930. The molecule has 12 heteroatoms. The van der Waals surface area contributed by atoms with Gasteiger partial charge >= 0.3 is 14.5 Å². The molecule has 1 aromatic carbocycles. The zero-order valence-corrected chi connectivity index (χ0v) is 17.6. The van der Waals surface area contributed by atoms with Crippen LogP contribution in [0.15, 0.2) is 73.3 Å². The molecule has 0 saturated carbocycles. The van der Waals surface area contributed by atoms with Gasteiger partial charge in [-0.3, -0.25) is 0 Å². The lowest BCUT2D eigenvalue weighted by Gasteiger charge is -2.19. The number of rotatable bonds is 2. The van der Waals surface area contributed by atoms with Gasteiger partial charge in [0.05, 0.1) is 0 Å². The Morgan fingerprint density at radius 2 is 1.06 bits per heavy atom. The topological polar surface area (TPSA) is 18.0 Å². The van der Waals surface area contributed by atoms with E-state index in [1.807, 2.05) is 12.4 Å². The molecule has 3 rings (SSSR count). The summed E-state index contributed by atoms with van der Waals surface area (Å²) < 4.78 is 80.2. The molecular formula is C20H22B2F8N2. The van der Waals surface area contributed by atoms with E-state index in [0.29, 0.717) is 0 Å². The number of nitrogens with zero attached hydrogens (tertiary/aromatic N) is 1. The van der Waals surface area contributed by atoms with Gasteiger partial charge in [0, 0.05) is 35.9 Å². The molecule has 0 fully saturated rings. The second kappa shape index (κ2) is 11.1. The number of hydrogen-bond acceptors (Lipinski definition) is 0. The molecule has 0 atom stereocenters. The predicted octanol–water partition coefficient (Wildman–Crippen LogP) is 6.34. The first-order valence-corrected chi connectivity index (χ1v) is 9.38. The Hall–Kier alpha value is -2.91. The van der Waals surface area contributed by atoms with Crippen molar-refractivity contribution >= 4 is 14.5 Å². The summed E-state index contributed by atoms with van der Waals surface area (Å²) in [5, 5.41) is 0. The molecule has 32 heavy (non-hydrogen) atoms. The lowest BCUT2D eigenvalue weighted by molar-refractivity contribution is -0.596. The van der Waals surface area contributed by atoms with Crippen LogP contribution in [0.2, 0.25) is 0 Å². The van der Waals surface area contributed by atoms with Crippen LogP contribution in [0.1, 0.15) is 26.3 Å². The minimum Gasteiger partial charge on any atom is -0.418 e. The largest absolute Gasteiger partial charge is 0.673 e. The van der Waals surface area contributed by atoms with E-state index < -0.39 is 14.5 Å². The normalized spacial score (nSPS) is 11.6. The van der Waals surface area contributed by atoms with Gasteiger partial charge in [0.1, 0.15) is 0 Å². The molecule has 3 aromatic rings. The van der Waals surface area contributed by atoms with Crippen LogP contribution >= 0.6 is 0 Å². The van der Waals surface area contributed by atoms with Gasteiger partial charge in [0.2, 0.25) is 5.69 Å². The van der Waals surface area contributed by atoms with E-state index in [9.17, 15) is 34.5 Å². The average molecular weight is 464 g/mol. The summed E-state index contributed by atoms with van der Waals surface area (Å²) in [6.45, 7) is 6.75. The fraction of sp³-hybridized carbons (Fsp3) is 0.200. The highest BCUT2D eigenvalue weighted by Gasteiger charge is 2.23. The van der Waals surface area contributed by atoms with Gasteiger partial charge in [-0.1, -0.05) is 39.0 Å². The van der Waals surface area contributed by atoms with Gasteiger partial charge in [0.15, 0.2) is 24.8 Å². The Morgan fingerprint density at radius 3 is 1.50 bits per heavy atom. The number of aromatic nitrogens is 2. The van der Waals surface area contributed by atoms with Crippen LogP contribution in [-0.4, -0.2) is 14.5 Å². The molecule has 2 heterocycles. The number of hydrogen-bond donors (Lipinski definition) is 0. The molecule has 0 bridgehead atoms. The van der Waals surface area contributed by atoms with Gasteiger partial charge in [-0.05, 0) is 16.5 Å². The summed E-state index contributed by atoms with van der Waals surface area (Å²) in [5.74, 6) is 0. The molecule has 1 N–H and O–H groups in total. The van der Waals surface area contributed by atoms with E-state index in [4.69, 9.17) is 0 Å². The van der Waals surface area contributed by atoms with E-state index in [2.05, 4.69) is 91.2 Å². The Morgan fingerprint density at radius 1 is 0.656 bits per heavy atom. The van der Waals surface area contributed by atoms with Crippen molar-refractivity contribution < 1.29 is 44.1 Å². The fourth-order valence-electron chi connectivity index (χ4n) is 2.69. The molecule has 174 valence electrons. The maximum atomic E-state index is 9.75. The van der Waals surface area contributed by atoms with Gasteiger partial charge in [-0.15, -0.1) is 0 Å². The number of para-hydroxylation sites is 1. The van der Waals surface area contributed by atoms with E-state index in [1.165, 1.54) is 22.4 Å². The van der Waals surface area contributed by atoms with Crippen LogP contribution in [0.5, 0.6) is 0 Å². The quantitative estimate of drug-likeness (QED) is 0.240. The van der Waals surface area contributed by atoms with Crippen LogP contribution in [0.25, 0.3) is 16.8 Å². The van der Waals surface area contributed by atoms with E-state index in [1.54, 1.807) is 0 Å². The zero-order valence-electron chi connectivity index (χ0n) is 17.6. The third-order valence-electron chi connectivity index (χ3n) is 3.87. The molecule has 2 nitrogen and oxygen atoms in total. The number of benzene rings is 1. The van der Waals surface area contributed by atoms with Crippen molar-refractivity contribution in [1.29, 1.82) is 0 Å². The summed E-state index contributed by atoms with van der Waals surface area (Å²) in [4.78, 5) is 3.06. The number of pyridine rings is 2. The van der Waals surface area contributed by atoms with Crippen LogP contribution < -0.4 is 9.55 Å². The van der Waals surface area contributed by atoms with Crippen molar-refractivity contribution in [3.05, 3.63) is 78.9 Å². The van der Waals surface area contributed by atoms with Gasteiger partial charge in [-0.2, -0.15) is 4.57 Å². The molecule has 0 amide bonds. The molecule has 0 aliphatic heterocycles. The highest BCUT2D eigenvalue weighted by Crippen LogP contribution is 2.26. The fourth-order valence-corrected chi connectivity index (χ4v) is 2.69. The van der Waals surface area contributed by atoms with Crippen molar-refractivity contribution in [3.63, 3.8) is 0 Å². The first-order chi connectivity index (χ1) is 14.6. The Balaban J connectivity index is 0.000000431. The molecular weight excluding hydrogens is 442 g/mol. The highest BCUT2D eigenvalue weighted by atomic mass is 19.5. The number of H-pyrrole nitrogens is 1. The van der Waals surface area contributed by atoms with E-state index in [0.717, 1.165) is 0 Å². The second-order valence-corrected chi connectivity index (χ2v) is 7.54. The number of aromatic amines is 1. The Kier molecular flexibility index (Phi) is 9.41. The summed E-state index contributed by atoms with van der Waals surface area (Å²) in [6, 6.07) is 17.1. The monoisotopic (exact) mass is 464 g/mol. The summed E-state index contributed by atoms with van der Waals surface area (Å²) in [7, 11) is -12.0. The highest BCUT2D eigenvalue weighted by molar-refractivity contribution is 6.50. The lowest BCUT2D eigenvalue weighted by atomic mass is 9.85. The van der Waals surface area contributed by atoms with Gasteiger partial charge in [-0.25, -0.2) is 4.98 Å². The average Bonchev–Trinajstić information content (AvgIpc) is 2.66. The Labute approximate surface area is 181 Å². The minimum absolute atomic E-state index is 0.123. The molecule has 0 aliphatic carbocycles. The maximum Gasteiger partial charge on any atom is 0.673 e. The predicted molar refractivity (Wildman–Crippen MR) is 109 cm³/mol. The molecule has 0 unspecified atom stereocenters. The second-order valence-electron chi connectivity index (χ2n) is 7.54. The SMILES string of the molecule is CC(C)(C)c1ccccc1-[n+]1ccc(-c2cc[nH+]cc2)cc1.F[B-](F)(F)F.F[B-](F)(F)F. The molecule has 0 aliphatic rings. The van der Waals surface area contributed by atoms with Crippen molar-refractivity contribution in [1.82, 2.24) is 0 Å². The van der Waals surface area contributed by atoms with Crippen molar-refractivity contribution in [2.75, 3.05) is 0 Å². The summed E-state index contributed by atoms with van der Waals surface area (Å²) in [6.07, 6.45) is 8.17. The first kappa shape index (κ1) is 27.1. The first-order valence-electron chi connectivity index (χ1n) is 9.38. The van der Waals surface area contributed by atoms with Crippen LogP contribution in [0, 0.1) is 0 Å². The van der Waals surface area contributed by atoms with Crippen molar-refractivity contribution in [2.45, 2.75) is 26.2 Å². The third kappa shape index (κ3) is 11.5. The van der Waals surface area contributed by atoms with Crippen LogP contribution in [0.3, 0.4) is 0 Å². The van der Waals surface area contributed by atoms with Gasteiger partial charge in [0.25, 0.3) is 0 Å². The van der Waals surface area contributed by atoms with Crippen molar-refractivity contribution in [3.8, 4) is 16.8 Å². The smallest absolute Gasteiger partial charge is 0.418 e. The summed E-state index contributed by atoms with van der Waals surface area (Å²) >= 11 is 0. The van der Waals surface area contributed by atoms with E-state index in [-0.39, 0.29) is 5.41 Å². The van der Waals surface area contributed by atoms with E-state index >= 15 is 0 Å². The molecule has 0 saturated heterocycles. The minimum atomic E-state index is -6.00. The zero-order chi connectivity index (χ0) is 24.6. The van der Waals surface area contributed by atoms with Crippen molar-refractivity contribution in [2.24, 2.45) is 0 Å². The third-order valence-corrected chi connectivity index (χ3v) is 3.87. The molecule has 0 radical (unpaired) electrons. The van der Waals surface area contributed by atoms with Gasteiger partial charge < -0.3 is 34.5 Å². The lowest BCUT2D eigenvalue weighted by Crippen LogP contribution is -2.33. The number of halogens is 8. The maximum absolute atomic E-state index is 9.75.